The molecule has 1 atom stereocenters. The van der Waals surface area contributed by atoms with Crippen molar-refractivity contribution in [2.75, 3.05) is 31.0 Å². The second kappa shape index (κ2) is 14.0. The van der Waals surface area contributed by atoms with E-state index in [0.29, 0.717) is 30.2 Å². The SMILES string of the molecule is CCOc1ccc(N(CC(=O)N(CCc2ccccc2)[C@H](CC)C(=O)NC)S(=O)(=O)c2ccc(Cl)cc2)cc1. The van der Waals surface area contributed by atoms with Gasteiger partial charge in [0.15, 0.2) is 0 Å². The molecule has 0 unspecified atom stereocenters. The van der Waals surface area contributed by atoms with Crippen LogP contribution in [-0.4, -0.2) is 57.9 Å². The number of nitrogens with one attached hydrogen (secondary N) is 1. The first-order valence-electron chi connectivity index (χ1n) is 12.8. The molecule has 3 rings (SSSR count). The average molecular weight is 572 g/mol. The van der Waals surface area contributed by atoms with Crippen LogP contribution in [0.25, 0.3) is 0 Å². The van der Waals surface area contributed by atoms with Crippen molar-refractivity contribution in [3.63, 3.8) is 0 Å². The minimum absolute atomic E-state index is 0.0113. The second-order valence-electron chi connectivity index (χ2n) is 8.75. The third-order valence-corrected chi connectivity index (χ3v) is 8.27. The molecule has 8 nitrogen and oxygen atoms in total. The van der Waals surface area contributed by atoms with Crippen LogP contribution >= 0.6 is 11.6 Å². The van der Waals surface area contributed by atoms with Crippen molar-refractivity contribution in [2.45, 2.75) is 37.6 Å². The van der Waals surface area contributed by atoms with E-state index in [2.05, 4.69) is 5.32 Å². The fraction of sp³-hybridized carbons (Fsp3) is 0.310. The molecule has 0 aliphatic heterocycles. The van der Waals surface area contributed by atoms with Gasteiger partial charge in [0.1, 0.15) is 18.3 Å². The molecule has 3 aromatic carbocycles. The van der Waals surface area contributed by atoms with Crippen LogP contribution in [0.15, 0.2) is 83.8 Å². The minimum Gasteiger partial charge on any atom is -0.494 e. The molecule has 0 spiro atoms. The number of amides is 2. The first-order chi connectivity index (χ1) is 18.7. The standard InChI is InChI=1S/C29H34ClN3O5S/c1-4-27(29(35)31-3)32(20-19-22-9-7-6-8-10-22)28(34)21-33(24-13-15-25(16-14-24)38-5-2)39(36,37)26-17-11-23(30)12-18-26/h6-18,27H,4-5,19-21H2,1-3H3,(H,31,35)/t27-/m1/s1. The summed E-state index contributed by atoms with van der Waals surface area (Å²) in [6.07, 6.45) is 0.875. The monoisotopic (exact) mass is 571 g/mol. The molecule has 0 fully saturated rings. The molecule has 0 saturated carbocycles. The normalized spacial score (nSPS) is 11.9. The number of halogens is 1. The maximum atomic E-state index is 13.9. The molecular weight excluding hydrogens is 538 g/mol. The van der Waals surface area contributed by atoms with Crippen molar-refractivity contribution in [1.82, 2.24) is 10.2 Å². The van der Waals surface area contributed by atoms with Crippen LogP contribution in [0, 0.1) is 0 Å². The molecule has 0 radical (unpaired) electrons. The number of sulfonamides is 1. The molecule has 10 heteroatoms. The molecule has 0 aliphatic carbocycles. The summed E-state index contributed by atoms with van der Waals surface area (Å²) in [5.41, 5.74) is 1.29. The number of hydrogen-bond donors (Lipinski definition) is 1. The highest BCUT2D eigenvalue weighted by atomic mass is 35.5. The van der Waals surface area contributed by atoms with Crippen molar-refractivity contribution in [1.29, 1.82) is 0 Å². The number of hydrogen-bond acceptors (Lipinski definition) is 5. The smallest absolute Gasteiger partial charge is 0.264 e. The van der Waals surface area contributed by atoms with E-state index in [1.807, 2.05) is 44.2 Å². The molecule has 3 aromatic rings. The Balaban J connectivity index is 2.00. The Morgan fingerprint density at radius 3 is 2.15 bits per heavy atom. The van der Waals surface area contributed by atoms with Gasteiger partial charge in [-0.2, -0.15) is 0 Å². The number of ether oxygens (including phenoxy) is 1. The molecule has 1 N–H and O–H groups in total. The van der Waals surface area contributed by atoms with E-state index in [1.165, 1.54) is 36.2 Å². The quantitative estimate of drug-likeness (QED) is 0.325. The largest absolute Gasteiger partial charge is 0.494 e. The number of carbonyl (C=O) groups excluding carboxylic acids is 2. The number of anilines is 1. The molecule has 0 heterocycles. The Bertz CT molecular complexity index is 1330. The summed E-state index contributed by atoms with van der Waals surface area (Å²) in [7, 11) is -2.65. The molecule has 0 saturated heterocycles. The van der Waals surface area contributed by atoms with Gasteiger partial charge in [0, 0.05) is 18.6 Å². The summed E-state index contributed by atoms with van der Waals surface area (Å²) in [5, 5.41) is 3.01. The van der Waals surface area contributed by atoms with Crippen LogP contribution in [0.3, 0.4) is 0 Å². The summed E-state index contributed by atoms with van der Waals surface area (Å²) >= 11 is 5.99. The Kier molecular flexibility index (Phi) is 10.8. The Labute approximate surface area is 235 Å². The lowest BCUT2D eigenvalue weighted by Gasteiger charge is -2.33. The van der Waals surface area contributed by atoms with E-state index in [0.717, 1.165) is 9.87 Å². The topological polar surface area (TPSA) is 96.0 Å². The fourth-order valence-corrected chi connectivity index (χ4v) is 5.74. The van der Waals surface area contributed by atoms with Gasteiger partial charge in [0.25, 0.3) is 10.0 Å². The lowest BCUT2D eigenvalue weighted by molar-refractivity contribution is -0.139. The van der Waals surface area contributed by atoms with Crippen LogP contribution in [-0.2, 0) is 26.0 Å². The van der Waals surface area contributed by atoms with Crippen molar-refractivity contribution >= 4 is 39.1 Å². The van der Waals surface area contributed by atoms with Crippen LogP contribution in [0.5, 0.6) is 5.75 Å². The van der Waals surface area contributed by atoms with Gasteiger partial charge in [-0.05, 0) is 73.9 Å². The van der Waals surface area contributed by atoms with E-state index < -0.39 is 28.5 Å². The summed E-state index contributed by atoms with van der Waals surface area (Å²) in [6, 6.07) is 21.1. The van der Waals surface area contributed by atoms with Gasteiger partial charge >= 0.3 is 0 Å². The number of likely N-dealkylation sites (N-methyl/N-ethyl adjacent to an activating group) is 1. The molecule has 39 heavy (non-hydrogen) atoms. The molecular formula is C29H34ClN3O5S. The number of carbonyl (C=O) groups is 2. The van der Waals surface area contributed by atoms with E-state index in [1.54, 1.807) is 24.3 Å². The van der Waals surface area contributed by atoms with Crippen LogP contribution < -0.4 is 14.4 Å². The maximum Gasteiger partial charge on any atom is 0.264 e. The highest BCUT2D eigenvalue weighted by Crippen LogP contribution is 2.27. The average Bonchev–Trinajstić information content (AvgIpc) is 2.95. The number of rotatable bonds is 13. The summed E-state index contributed by atoms with van der Waals surface area (Å²) in [5.74, 6) is -0.230. The molecule has 0 bridgehead atoms. The number of nitrogens with zero attached hydrogens (tertiary/aromatic N) is 2. The molecule has 2 amide bonds. The van der Waals surface area contributed by atoms with Gasteiger partial charge in [-0.3, -0.25) is 13.9 Å². The Hall–Kier alpha value is -3.56. The minimum atomic E-state index is -4.16. The lowest BCUT2D eigenvalue weighted by Crippen LogP contribution is -2.52. The zero-order chi connectivity index (χ0) is 28.4. The molecule has 0 aromatic heterocycles. The Morgan fingerprint density at radius 1 is 0.949 bits per heavy atom. The van der Waals surface area contributed by atoms with Crippen molar-refractivity contribution in [3.05, 3.63) is 89.4 Å². The Morgan fingerprint density at radius 2 is 1.59 bits per heavy atom. The van der Waals surface area contributed by atoms with Gasteiger partial charge in [0.2, 0.25) is 11.8 Å². The van der Waals surface area contributed by atoms with Gasteiger partial charge in [0.05, 0.1) is 17.2 Å². The van der Waals surface area contributed by atoms with E-state index in [4.69, 9.17) is 16.3 Å². The summed E-state index contributed by atoms with van der Waals surface area (Å²) < 4.78 is 34.2. The first kappa shape index (κ1) is 30.0. The second-order valence-corrected chi connectivity index (χ2v) is 11.1. The fourth-order valence-electron chi connectivity index (χ4n) is 4.20. The first-order valence-corrected chi connectivity index (χ1v) is 14.6. The summed E-state index contributed by atoms with van der Waals surface area (Å²) in [6.45, 7) is 3.87. The predicted molar refractivity (Wildman–Crippen MR) is 154 cm³/mol. The van der Waals surface area contributed by atoms with Crippen LogP contribution in [0.2, 0.25) is 5.02 Å². The highest BCUT2D eigenvalue weighted by molar-refractivity contribution is 7.92. The number of benzene rings is 3. The lowest BCUT2D eigenvalue weighted by atomic mass is 10.1. The van der Waals surface area contributed by atoms with Crippen LogP contribution in [0.4, 0.5) is 5.69 Å². The third kappa shape index (κ3) is 7.74. The van der Waals surface area contributed by atoms with Gasteiger partial charge in [-0.15, -0.1) is 0 Å². The van der Waals surface area contributed by atoms with Gasteiger partial charge < -0.3 is 15.0 Å². The molecule has 0 aliphatic rings. The zero-order valence-corrected chi connectivity index (χ0v) is 23.9. The zero-order valence-electron chi connectivity index (χ0n) is 22.3. The van der Waals surface area contributed by atoms with Crippen molar-refractivity contribution in [2.24, 2.45) is 0 Å². The third-order valence-electron chi connectivity index (χ3n) is 6.23. The predicted octanol–water partition coefficient (Wildman–Crippen LogP) is 4.53. The van der Waals surface area contributed by atoms with Crippen LogP contribution in [0.1, 0.15) is 25.8 Å². The van der Waals surface area contributed by atoms with Gasteiger partial charge in [-0.25, -0.2) is 8.42 Å². The van der Waals surface area contributed by atoms with E-state index in [-0.39, 0.29) is 23.0 Å². The maximum absolute atomic E-state index is 13.9. The van der Waals surface area contributed by atoms with E-state index >= 15 is 0 Å². The molecule has 208 valence electrons. The van der Waals surface area contributed by atoms with Gasteiger partial charge in [-0.1, -0.05) is 48.9 Å². The van der Waals surface area contributed by atoms with Crippen molar-refractivity contribution < 1.29 is 22.7 Å². The van der Waals surface area contributed by atoms with E-state index in [9.17, 15) is 18.0 Å². The summed E-state index contributed by atoms with van der Waals surface area (Å²) in [4.78, 5) is 28.1. The highest BCUT2D eigenvalue weighted by Gasteiger charge is 2.33. The van der Waals surface area contributed by atoms with Crippen molar-refractivity contribution in [3.8, 4) is 5.75 Å².